The Balaban J connectivity index is 2.23. The molecule has 0 aliphatic carbocycles. The molecule has 1 fully saturated rings. The molecule has 2 N–H and O–H groups in total. The summed E-state index contributed by atoms with van der Waals surface area (Å²) in [5.41, 5.74) is 1.22. The summed E-state index contributed by atoms with van der Waals surface area (Å²) < 4.78 is 0. The Morgan fingerprint density at radius 1 is 1.33 bits per heavy atom. The van der Waals surface area contributed by atoms with E-state index in [0.717, 1.165) is 12.1 Å². The predicted octanol–water partition coefficient (Wildman–Crippen LogP) is 0.878. The maximum Gasteiger partial charge on any atom is 0.335 e. The van der Waals surface area contributed by atoms with Crippen LogP contribution >= 0.6 is 0 Å². The van der Waals surface area contributed by atoms with Gasteiger partial charge in [0, 0.05) is 26.6 Å². The number of nitrogens with zero attached hydrogens (tertiary/aromatic N) is 1. The van der Waals surface area contributed by atoms with Gasteiger partial charge >= 0.3 is 5.97 Å². The molecule has 0 saturated carbocycles. The summed E-state index contributed by atoms with van der Waals surface area (Å²) in [6.07, 6.45) is 0. The SMILES string of the molecule is CC(=O)N1CCNC[C@H]1c1ccc(C(=O)O)cc1. The zero-order chi connectivity index (χ0) is 13.1. The van der Waals surface area contributed by atoms with Gasteiger partial charge in [0.2, 0.25) is 5.91 Å². The Kier molecular flexibility index (Phi) is 3.62. The highest BCUT2D eigenvalue weighted by molar-refractivity contribution is 5.87. The second-order valence-corrected chi connectivity index (χ2v) is 4.36. The largest absolute Gasteiger partial charge is 0.478 e. The van der Waals surface area contributed by atoms with E-state index in [1.165, 1.54) is 0 Å². The highest BCUT2D eigenvalue weighted by Crippen LogP contribution is 2.22. The molecule has 1 atom stereocenters. The van der Waals surface area contributed by atoms with Gasteiger partial charge in [-0.15, -0.1) is 0 Å². The highest BCUT2D eigenvalue weighted by atomic mass is 16.4. The first kappa shape index (κ1) is 12.6. The van der Waals surface area contributed by atoms with Crippen molar-refractivity contribution in [1.82, 2.24) is 10.2 Å². The maximum atomic E-state index is 11.6. The molecule has 1 aliphatic rings. The third-order valence-corrected chi connectivity index (χ3v) is 3.19. The number of hydrogen-bond donors (Lipinski definition) is 2. The lowest BCUT2D eigenvalue weighted by molar-refractivity contribution is -0.132. The van der Waals surface area contributed by atoms with Crippen molar-refractivity contribution in [2.45, 2.75) is 13.0 Å². The molecule has 0 spiro atoms. The monoisotopic (exact) mass is 248 g/mol. The summed E-state index contributed by atoms with van der Waals surface area (Å²) in [6.45, 7) is 3.74. The van der Waals surface area contributed by atoms with Crippen LogP contribution in [0.1, 0.15) is 28.9 Å². The van der Waals surface area contributed by atoms with E-state index < -0.39 is 5.97 Å². The molecule has 96 valence electrons. The third kappa shape index (κ3) is 2.51. The number of carbonyl (C=O) groups excluding carboxylic acids is 1. The van der Waals surface area contributed by atoms with Gasteiger partial charge in [-0.3, -0.25) is 4.79 Å². The van der Waals surface area contributed by atoms with Crippen LogP contribution in [0.4, 0.5) is 0 Å². The molecule has 1 saturated heterocycles. The van der Waals surface area contributed by atoms with E-state index in [9.17, 15) is 9.59 Å². The van der Waals surface area contributed by atoms with Gasteiger partial charge in [-0.1, -0.05) is 12.1 Å². The lowest BCUT2D eigenvalue weighted by Crippen LogP contribution is -2.47. The molecular formula is C13H16N2O3. The number of carboxylic acid groups (broad SMARTS) is 1. The zero-order valence-electron chi connectivity index (χ0n) is 10.2. The van der Waals surface area contributed by atoms with E-state index in [0.29, 0.717) is 13.1 Å². The Morgan fingerprint density at radius 2 is 2.00 bits per heavy atom. The van der Waals surface area contributed by atoms with E-state index in [1.807, 2.05) is 4.90 Å². The predicted molar refractivity (Wildman–Crippen MR) is 66.4 cm³/mol. The average Bonchev–Trinajstić information content (AvgIpc) is 2.39. The summed E-state index contributed by atoms with van der Waals surface area (Å²) in [7, 11) is 0. The lowest BCUT2D eigenvalue weighted by Gasteiger charge is -2.35. The summed E-state index contributed by atoms with van der Waals surface area (Å²) in [6, 6.07) is 6.68. The van der Waals surface area contributed by atoms with Crippen LogP contribution in [0.2, 0.25) is 0 Å². The smallest absolute Gasteiger partial charge is 0.335 e. The Bertz CT molecular complexity index is 456. The van der Waals surface area contributed by atoms with Gasteiger partial charge in [0.05, 0.1) is 11.6 Å². The molecule has 18 heavy (non-hydrogen) atoms. The molecule has 0 aromatic heterocycles. The number of piperazine rings is 1. The molecule has 1 aliphatic heterocycles. The van der Waals surface area contributed by atoms with Crippen LogP contribution in [-0.2, 0) is 4.79 Å². The summed E-state index contributed by atoms with van der Waals surface area (Å²) in [5.74, 6) is -0.893. The number of benzene rings is 1. The fourth-order valence-corrected chi connectivity index (χ4v) is 2.23. The number of amides is 1. The van der Waals surface area contributed by atoms with E-state index in [4.69, 9.17) is 5.11 Å². The van der Waals surface area contributed by atoms with Crippen molar-refractivity contribution in [3.8, 4) is 0 Å². The van der Waals surface area contributed by atoms with Crippen molar-refractivity contribution in [3.63, 3.8) is 0 Å². The summed E-state index contributed by atoms with van der Waals surface area (Å²) in [5, 5.41) is 12.1. The summed E-state index contributed by atoms with van der Waals surface area (Å²) >= 11 is 0. The number of rotatable bonds is 2. The van der Waals surface area contributed by atoms with Crippen molar-refractivity contribution >= 4 is 11.9 Å². The Hall–Kier alpha value is -1.88. The van der Waals surface area contributed by atoms with Gasteiger partial charge in [-0.2, -0.15) is 0 Å². The van der Waals surface area contributed by atoms with Crippen LogP contribution in [0.3, 0.4) is 0 Å². The van der Waals surface area contributed by atoms with E-state index in [-0.39, 0.29) is 17.5 Å². The normalized spacial score (nSPS) is 19.6. The summed E-state index contributed by atoms with van der Waals surface area (Å²) in [4.78, 5) is 24.2. The molecule has 0 bridgehead atoms. The molecular weight excluding hydrogens is 232 g/mol. The zero-order valence-corrected chi connectivity index (χ0v) is 10.2. The minimum absolute atomic E-state index is 0.0147. The molecule has 1 heterocycles. The van der Waals surface area contributed by atoms with Crippen LogP contribution in [0, 0.1) is 0 Å². The number of aromatic carboxylic acids is 1. The molecule has 1 amide bonds. The second-order valence-electron chi connectivity index (χ2n) is 4.36. The first-order chi connectivity index (χ1) is 8.59. The van der Waals surface area contributed by atoms with E-state index >= 15 is 0 Å². The van der Waals surface area contributed by atoms with E-state index in [2.05, 4.69) is 5.32 Å². The van der Waals surface area contributed by atoms with Crippen molar-refractivity contribution in [2.75, 3.05) is 19.6 Å². The molecule has 0 radical (unpaired) electrons. The number of nitrogens with one attached hydrogen (secondary N) is 1. The van der Waals surface area contributed by atoms with Crippen LogP contribution in [-0.4, -0.2) is 41.5 Å². The van der Waals surface area contributed by atoms with Gasteiger partial charge in [0.1, 0.15) is 0 Å². The van der Waals surface area contributed by atoms with Crippen molar-refractivity contribution in [1.29, 1.82) is 0 Å². The van der Waals surface area contributed by atoms with Crippen LogP contribution < -0.4 is 5.32 Å². The van der Waals surface area contributed by atoms with E-state index in [1.54, 1.807) is 31.2 Å². The number of carboxylic acids is 1. The molecule has 5 nitrogen and oxygen atoms in total. The van der Waals surface area contributed by atoms with Gasteiger partial charge < -0.3 is 15.3 Å². The third-order valence-electron chi connectivity index (χ3n) is 3.19. The van der Waals surface area contributed by atoms with Gasteiger partial charge in [-0.25, -0.2) is 4.79 Å². The van der Waals surface area contributed by atoms with Gasteiger partial charge in [-0.05, 0) is 17.7 Å². The minimum Gasteiger partial charge on any atom is -0.478 e. The first-order valence-electron chi connectivity index (χ1n) is 5.91. The van der Waals surface area contributed by atoms with Crippen molar-refractivity contribution in [2.24, 2.45) is 0 Å². The number of hydrogen-bond acceptors (Lipinski definition) is 3. The van der Waals surface area contributed by atoms with Crippen molar-refractivity contribution < 1.29 is 14.7 Å². The number of carbonyl (C=O) groups is 2. The Labute approximate surface area is 105 Å². The quantitative estimate of drug-likeness (QED) is 0.815. The molecule has 2 rings (SSSR count). The van der Waals surface area contributed by atoms with Crippen LogP contribution in [0.25, 0.3) is 0 Å². The highest BCUT2D eigenvalue weighted by Gasteiger charge is 2.25. The molecule has 5 heteroatoms. The molecule has 0 unspecified atom stereocenters. The second kappa shape index (κ2) is 5.18. The molecule has 1 aromatic carbocycles. The van der Waals surface area contributed by atoms with Crippen LogP contribution in [0.15, 0.2) is 24.3 Å². The fourth-order valence-electron chi connectivity index (χ4n) is 2.23. The Morgan fingerprint density at radius 3 is 2.56 bits per heavy atom. The lowest BCUT2D eigenvalue weighted by atomic mass is 10.0. The maximum absolute atomic E-state index is 11.6. The van der Waals surface area contributed by atoms with Gasteiger partial charge in [0.15, 0.2) is 0 Å². The standard InChI is InChI=1S/C13H16N2O3/c1-9(16)15-7-6-14-8-12(15)10-2-4-11(5-3-10)13(17)18/h2-5,12,14H,6-8H2,1H3,(H,17,18)/t12-/m0/s1. The average molecular weight is 248 g/mol. The fraction of sp³-hybridized carbons (Fsp3) is 0.385. The minimum atomic E-state index is -0.938. The van der Waals surface area contributed by atoms with Crippen LogP contribution in [0.5, 0.6) is 0 Å². The topological polar surface area (TPSA) is 69.6 Å². The first-order valence-corrected chi connectivity index (χ1v) is 5.91. The van der Waals surface area contributed by atoms with Gasteiger partial charge in [0.25, 0.3) is 0 Å². The van der Waals surface area contributed by atoms with Crippen molar-refractivity contribution in [3.05, 3.63) is 35.4 Å². The molecule has 1 aromatic rings.